The third kappa shape index (κ3) is 3.30. The van der Waals surface area contributed by atoms with Crippen molar-refractivity contribution < 1.29 is 9.63 Å². The van der Waals surface area contributed by atoms with Gasteiger partial charge in [0.25, 0.3) is 5.91 Å². The topological polar surface area (TPSA) is 63.0 Å². The minimum atomic E-state index is -0.456. The van der Waals surface area contributed by atoms with Gasteiger partial charge >= 0.3 is 0 Å². The summed E-state index contributed by atoms with van der Waals surface area (Å²) in [6, 6.07) is 10.8. The van der Waals surface area contributed by atoms with Crippen molar-refractivity contribution in [2.75, 3.05) is 13.1 Å². The minimum Gasteiger partial charge on any atom is -0.382 e. The molecule has 1 aromatic carbocycles. The van der Waals surface area contributed by atoms with Crippen LogP contribution in [0.15, 0.2) is 35.5 Å². The van der Waals surface area contributed by atoms with E-state index in [0.29, 0.717) is 19.5 Å². The number of hydrogen-bond acceptors (Lipinski definition) is 5. The number of benzene rings is 1. The molecule has 0 saturated heterocycles. The monoisotopic (exact) mass is 379 g/mol. The van der Waals surface area contributed by atoms with Crippen molar-refractivity contribution in [2.45, 2.75) is 52.0 Å². The van der Waals surface area contributed by atoms with Gasteiger partial charge in [0.15, 0.2) is 0 Å². The van der Waals surface area contributed by atoms with Gasteiger partial charge in [-0.05, 0) is 30.5 Å². The lowest BCUT2D eigenvalue weighted by Gasteiger charge is -2.29. The van der Waals surface area contributed by atoms with E-state index in [9.17, 15) is 4.79 Å². The van der Waals surface area contributed by atoms with Gasteiger partial charge in [-0.3, -0.25) is 14.4 Å². The molecule has 1 atom stereocenters. The number of amides is 1. The highest BCUT2D eigenvalue weighted by Gasteiger charge is 2.32. The van der Waals surface area contributed by atoms with Gasteiger partial charge in [-0.1, -0.05) is 29.4 Å². The maximum absolute atomic E-state index is 12.7. The zero-order valence-corrected chi connectivity index (χ0v) is 16.2. The van der Waals surface area contributed by atoms with Crippen LogP contribution in [0.5, 0.6) is 0 Å². The average molecular weight is 379 g/mol. The number of carbonyl (C=O) groups is 1. The van der Waals surface area contributed by atoms with E-state index in [4.69, 9.17) is 9.94 Å². The first-order valence-electron chi connectivity index (χ1n) is 9.98. The fourth-order valence-electron chi connectivity index (χ4n) is 4.34. The fourth-order valence-corrected chi connectivity index (χ4v) is 4.34. The largest absolute Gasteiger partial charge is 0.382 e. The van der Waals surface area contributed by atoms with Gasteiger partial charge in [-0.2, -0.15) is 5.10 Å². The van der Waals surface area contributed by atoms with Crippen LogP contribution in [0.25, 0.3) is 0 Å². The molecule has 0 bridgehead atoms. The lowest BCUT2D eigenvalue weighted by molar-refractivity contribution is -0.143. The zero-order chi connectivity index (χ0) is 19.1. The Bertz CT molecular complexity index is 935. The van der Waals surface area contributed by atoms with E-state index in [-0.39, 0.29) is 5.91 Å². The van der Waals surface area contributed by atoms with Gasteiger partial charge in [0.1, 0.15) is 0 Å². The number of carbonyl (C=O) groups excluding carboxylic acids is 1. The Balaban J connectivity index is 1.23. The van der Waals surface area contributed by atoms with Gasteiger partial charge in [0, 0.05) is 32.6 Å². The second kappa shape index (κ2) is 7.05. The number of oxime groups is 1. The van der Waals surface area contributed by atoms with E-state index in [1.807, 2.05) is 16.5 Å². The Morgan fingerprint density at radius 2 is 2.04 bits per heavy atom. The average Bonchev–Trinajstić information content (AvgIpc) is 3.32. The van der Waals surface area contributed by atoms with Crippen molar-refractivity contribution >= 4 is 11.6 Å². The number of nitrogens with zero attached hydrogens (tertiary/aromatic N) is 5. The Kier molecular flexibility index (Phi) is 4.39. The summed E-state index contributed by atoms with van der Waals surface area (Å²) >= 11 is 0. The van der Waals surface area contributed by atoms with Crippen LogP contribution in [-0.2, 0) is 42.2 Å². The highest BCUT2D eigenvalue weighted by molar-refractivity contribution is 5.91. The van der Waals surface area contributed by atoms with Crippen LogP contribution < -0.4 is 0 Å². The van der Waals surface area contributed by atoms with Gasteiger partial charge in [0.2, 0.25) is 6.10 Å². The van der Waals surface area contributed by atoms with Gasteiger partial charge in [-0.25, -0.2) is 0 Å². The normalized spacial score (nSPS) is 21.7. The van der Waals surface area contributed by atoms with Crippen LogP contribution in [0.3, 0.4) is 0 Å². The van der Waals surface area contributed by atoms with Crippen molar-refractivity contribution in [3.05, 3.63) is 52.8 Å². The second-order valence-corrected chi connectivity index (χ2v) is 7.96. The lowest BCUT2D eigenvalue weighted by atomic mass is 10.00. The Morgan fingerprint density at radius 3 is 2.86 bits per heavy atom. The SMILES string of the molecule is CC1=NO[C@@H](C(=O)N2CCn3nc(CN4CCc5ccccc5C4)cc3C2)C1. The number of rotatable bonds is 3. The van der Waals surface area contributed by atoms with E-state index in [1.54, 1.807) is 0 Å². The molecule has 0 radical (unpaired) electrons. The van der Waals surface area contributed by atoms with Crippen molar-refractivity contribution in [2.24, 2.45) is 5.16 Å². The van der Waals surface area contributed by atoms with Crippen LogP contribution in [0.2, 0.25) is 0 Å². The van der Waals surface area contributed by atoms with Crippen LogP contribution >= 0.6 is 0 Å². The zero-order valence-electron chi connectivity index (χ0n) is 16.2. The standard InChI is InChI=1S/C21H25N5O2/c1-15-10-20(28-23-15)21(27)25-8-9-26-19(14-25)11-18(22-26)13-24-7-6-16-4-2-3-5-17(16)12-24/h2-5,11,20H,6-10,12-14H2,1H3/t20-/m1/s1. The molecule has 1 amide bonds. The smallest absolute Gasteiger partial charge is 0.267 e. The molecule has 3 aliphatic heterocycles. The lowest BCUT2D eigenvalue weighted by Crippen LogP contribution is -2.43. The summed E-state index contributed by atoms with van der Waals surface area (Å²) in [5.41, 5.74) is 5.95. The molecule has 4 heterocycles. The molecule has 5 rings (SSSR count). The molecule has 0 fully saturated rings. The first-order chi connectivity index (χ1) is 13.7. The molecule has 1 aromatic heterocycles. The summed E-state index contributed by atoms with van der Waals surface area (Å²) in [6.45, 7) is 6.77. The second-order valence-electron chi connectivity index (χ2n) is 7.96. The molecular weight excluding hydrogens is 354 g/mol. The molecule has 7 heteroatoms. The molecule has 0 aliphatic carbocycles. The van der Waals surface area contributed by atoms with Crippen LogP contribution in [-0.4, -0.2) is 50.4 Å². The molecule has 146 valence electrons. The molecular formula is C21H25N5O2. The number of fused-ring (bicyclic) bond motifs is 2. The van der Waals surface area contributed by atoms with Crippen LogP contribution in [0.4, 0.5) is 0 Å². The van der Waals surface area contributed by atoms with Crippen molar-refractivity contribution in [1.82, 2.24) is 19.6 Å². The quantitative estimate of drug-likeness (QED) is 0.818. The third-order valence-corrected chi connectivity index (χ3v) is 5.85. The predicted molar refractivity (Wildman–Crippen MR) is 105 cm³/mol. The molecule has 0 unspecified atom stereocenters. The summed E-state index contributed by atoms with van der Waals surface area (Å²) in [7, 11) is 0. The highest BCUT2D eigenvalue weighted by Crippen LogP contribution is 2.22. The summed E-state index contributed by atoms with van der Waals surface area (Å²) in [5.74, 6) is 0.0298. The third-order valence-electron chi connectivity index (χ3n) is 5.85. The maximum atomic E-state index is 12.7. The molecule has 0 spiro atoms. The minimum absolute atomic E-state index is 0.0298. The van der Waals surface area contributed by atoms with E-state index in [1.165, 1.54) is 11.1 Å². The van der Waals surface area contributed by atoms with E-state index >= 15 is 0 Å². The Labute approximate surface area is 164 Å². The van der Waals surface area contributed by atoms with Gasteiger partial charge in [-0.15, -0.1) is 0 Å². The van der Waals surface area contributed by atoms with Crippen molar-refractivity contribution in [3.63, 3.8) is 0 Å². The molecule has 28 heavy (non-hydrogen) atoms. The predicted octanol–water partition coefficient (Wildman–Crippen LogP) is 1.95. The van der Waals surface area contributed by atoms with Crippen LogP contribution in [0, 0.1) is 0 Å². The number of hydrogen-bond donors (Lipinski definition) is 0. The molecule has 2 aromatic rings. The van der Waals surface area contributed by atoms with Gasteiger partial charge in [0.05, 0.1) is 30.2 Å². The summed E-state index contributed by atoms with van der Waals surface area (Å²) in [4.78, 5) is 22.3. The Morgan fingerprint density at radius 1 is 1.18 bits per heavy atom. The molecule has 0 saturated carbocycles. The van der Waals surface area contributed by atoms with E-state index in [2.05, 4.69) is 40.4 Å². The first kappa shape index (κ1) is 17.4. The molecule has 0 N–H and O–H groups in total. The first-order valence-corrected chi connectivity index (χ1v) is 9.98. The summed E-state index contributed by atoms with van der Waals surface area (Å²) < 4.78 is 2.05. The van der Waals surface area contributed by atoms with Crippen molar-refractivity contribution in [1.29, 1.82) is 0 Å². The molecule has 7 nitrogen and oxygen atoms in total. The summed E-state index contributed by atoms with van der Waals surface area (Å²) in [5, 5.41) is 8.70. The Hall–Kier alpha value is -2.67. The maximum Gasteiger partial charge on any atom is 0.267 e. The number of aromatic nitrogens is 2. The molecule has 3 aliphatic rings. The van der Waals surface area contributed by atoms with Gasteiger partial charge < -0.3 is 9.74 Å². The fraction of sp³-hybridized carbons (Fsp3) is 0.476. The van der Waals surface area contributed by atoms with E-state index in [0.717, 1.165) is 49.7 Å². The summed E-state index contributed by atoms with van der Waals surface area (Å²) in [6.07, 6.45) is 1.23. The van der Waals surface area contributed by atoms with E-state index < -0.39 is 6.10 Å². The highest BCUT2D eigenvalue weighted by atomic mass is 16.6. The van der Waals surface area contributed by atoms with Crippen molar-refractivity contribution in [3.8, 4) is 0 Å². The van der Waals surface area contributed by atoms with Crippen LogP contribution in [0.1, 0.15) is 35.9 Å².